The molecule has 0 saturated heterocycles. The van der Waals surface area contributed by atoms with Crippen LogP contribution in [0.5, 0.6) is 0 Å². The van der Waals surface area contributed by atoms with Gasteiger partial charge in [-0.1, -0.05) is 24.8 Å². The number of rotatable bonds is 2. The van der Waals surface area contributed by atoms with Gasteiger partial charge in [0.25, 0.3) is 0 Å². The molecular formula is C10H12N2. The summed E-state index contributed by atoms with van der Waals surface area (Å²) in [4.78, 5) is 0. The fraction of sp³-hybridized carbons (Fsp3) is 0. The first-order valence-electron chi connectivity index (χ1n) is 3.66. The van der Waals surface area contributed by atoms with Crippen molar-refractivity contribution < 1.29 is 0 Å². The molecule has 2 nitrogen and oxygen atoms in total. The molecule has 0 fully saturated rings. The highest BCUT2D eigenvalue weighted by Crippen LogP contribution is 2.07. The lowest BCUT2D eigenvalue weighted by Gasteiger charge is -1.94. The van der Waals surface area contributed by atoms with Gasteiger partial charge in [0, 0.05) is 11.4 Å². The van der Waals surface area contributed by atoms with Crippen molar-refractivity contribution in [1.29, 1.82) is 0 Å². The molecule has 1 aromatic carbocycles. The standard InChI is InChI=1S/C10H12N2/c1-8(11)2-3-9-4-6-10(12)7-5-9/h2-7H,1,11-12H2/b3-2+. The summed E-state index contributed by atoms with van der Waals surface area (Å²) in [7, 11) is 0. The summed E-state index contributed by atoms with van der Waals surface area (Å²) >= 11 is 0. The molecule has 0 unspecified atom stereocenters. The van der Waals surface area contributed by atoms with E-state index in [4.69, 9.17) is 11.5 Å². The Morgan fingerprint density at radius 3 is 2.33 bits per heavy atom. The predicted molar refractivity (Wildman–Crippen MR) is 53.2 cm³/mol. The molecule has 0 spiro atoms. The van der Waals surface area contributed by atoms with Crippen molar-refractivity contribution in [2.45, 2.75) is 0 Å². The molecule has 0 aromatic heterocycles. The van der Waals surface area contributed by atoms with Crippen LogP contribution >= 0.6 is 0 Å². The molecule has 0 amide bonds. The first kappa shape index (κ1) is 8.40. The van der Waals surface area contributed by atoms with Crippen LogP contribution in [0.4, 0.5) is 5.69 Å². The maximum Gasteiger partial charge on any atom is 0.0314 e. The molecule has 1 aromatic rings. The van der Waals surface area contributed by atoms with Crippen molar-refractivity contribution in [2.24, 2.45) is 5.73 Å². The lowest BCUT2D eigenvalue weighted by Crippen LogP contribution is -1.88. The van der Waals surface area contributed by atoms with Crippen molar-refractivity contribution in [3.05, 3.63) is 48.2 Å². The largest absolute Gasteiger partial charge is 0.399 e. The van der Waals surface area contributed by atoms with Crippen LogP contribution in [0.25, 0.3) is 6.08 Å². The van der Waals surface area contributed by atoms with Crippen LogP contribution < -0.4 is 11.5 Å². The van der Waals surface area contributed by atoms with Gasteiger partial charge < -0.3 is 11.5 Å². The van der Waals surface area contributed by atoms with Crippen molar-refractivity contribution in [2.75, 3.05) is 5.73 Å². The summed E-state index contributed by atoms with van der Waals surface area (Å²) in [6.45, 7) is 3.55. The fourth-order valence-electron chi connectivity index (χ4n) is 0.810. The van der Waals surface area contributed by atoms with E-state index < -0.39 is 0 Å². The van der Waals surface area contributed by atoms with Gasteiger partial charge in [0.1, 0.15) is 0 Å². The minimum absolute atomic E-state index is 0.548. The average molecular weight is 160 g/mol. The van der Waals surface area contributed by atoms with Crippen LogP contribution in [0.2, 0.25) is 0 Å². The second-order valence-electron chi connectivity index (χ2n) is 2.57. The van der Waals surface area contributed by atoms with Gasteiger partial charge in [-0.3, -0.25) is 0 Å². The highest BCUT2D eigenvalue weighted by molar-refractivity contribution is 5.55. The molecule has 2 heteroatoms. The molecule has 62 valence electrons. The number of anilines is 1. The Hall–Kier alpha value is -1.70. The van der Waals surface area contributed by atoms with E-state index in [1.165, 1.54) is 0 Å². The van der Waals surface area contributed by atoms with E-state index in [1.807, 2.05) is 30.3 Å². The Morgan fingerprint density at radius 1 is 1.25 bits per heavy atom. The summed E-state index contributed by atoms with van der Waals surface area (Å²) in [6.07, 6.45) is 3.65. The van der Waals surface area contributed by atoms with Gasteiger partial charge in [-0.15, -0.1) is 0 Å². The molecule has 12 heavy (non-hydrogen) atoms. The lowest BCUT2D eigenvalue weighted by atomic mass is 10.2. The smallest absolute Gasteiger partial charge is 0.0314 e. The number of allylic oxidation sites excluding steroid dienone is 1. The Morgan fingerprint density at radius 2 is 1.83 bits per heavy atom. The number of hydrogen-bond donors (Lipinski definition) is 2. The van der Waals surface area contributed by atoms with Crippen molar-refractivity contribution in [1.82, 2.24) is 0 Å². The van der Waals surface area contributed by atoms with Crippen molar-refractivity contribution >= 4 is 11.8 Å². The quantitative estimate of drug-likeness (QED) is 0.511. The Kier molecular flexibility index (Phi) is 2.53. The molecular weight excluding hydrogens is 148 g/mol. The highest BCUT2D eigenvalue weighted by atomic mass is 14.5. The van der Waals surface area contributed by atoms with Gasteiger partial charge in [-0.25, -0.2) is 0 Å². The van der Waals surface area contributed by atoms with E-state index in [0.717, 1.165) is 11.3 Å². The molecule has 0 aliphatic carbocycles. The van der Waals surface area contributed by atoms with Gasteiger partial charge in [0.2, 0.25) is 0 Å². The first-order valence-corrected chi connectivity index (χ1v) is 3.66. The molecule has 0 radical (unpaired) electrons. The number of nitrogen functional groups attached to an aromatic ring is 1. The lowest BCUT2D eigenvalue weighted by molar-refractivity contribution is 1.46. The highest BCUT2D eigenvalue weighted by Gasteiger charge is 1.85. The topological polar surface area (TPSA) is 52.0 Å². The van der Waals surface area contributed by atoms with Crippen LogP contribution in [0.3, 0.4) is 0 Å². The van der Waals surface area contributed by atoms with Crippen LogP contribution in [-0.2, 0) is 0 Å². The van der Waals surface area contributed by atoms with E-state index >= 15 is 0 Å². The zero-order valence-electron chi connectivity index (χ0n) is 6.83. The van der Waals surface area contributed by atoms with Crippen LogP contribution in [0.1, 0.15) is 5.56 Å². The Bertz CT molecular complexity index is 296. The molecule has 0 saturated carbocycles. The van der Waals surface area contributed by atoms with E-state index in [9.17, 15) is 0 Å². The van der Waals surface area contributed by atoms with E-state index in [-0.39, 0.29) is 0 Å². The zero-order chi connectivity index (χ0) is 8.97. The zero-order valence-corrected chi connectivity index (χ0v) is 6.83. The van der Waals surface area contributed by atoms with E-state index in [1.54, 1.807) is 6.08 Å². The number of hydrogen-bond acceptors (Lipinski definition) is 2. The maximum atomic E-state index is 5.52. The average Bonchev–Trinajstić information content (AvgIpc) is 2.03. The van der Waals surface area contributed by atoms with Gasteiger partial charge in [-0.2, -0.15) is 0 Å². The van der Waals surface area contributed by atoms with Gasteiger partial charge in [-0.05, 0) is 23.8 Å². The van der Waals surface area contributed by atoms with E-state index in [0.29, 0.717) is 5.70 Å². The number of nitrogens with two attached hydrogens (primary N) is 2. The Labute approximate surface area is 72.2 Å². The monoisotopic (exact) mass is 160 g/mol. The summed E-state index contributed by atoms with van der Waals surface area (Å²) in [5.74, 6) is 0. The van der Waals surface area contributed by atoms with Crippen LogP contribution in [0, 0.1) is 0 Å². The van der Waals surface area contributed by atoms with Gasteiger partial charge in [0.05, 0.1) is 0 Å². The van der Waals surface area contributed by atoms with Crippen molar-refractivity contribution in [3.63, 3.8) is 0 Å². The van der Waals surface area contributed by atoms with Gasteiger partial charge >= 0.3 is 0 Å². The van der Waals surface area contributed by atoms with E-state index in [2.05, 4.69) is 6.58 Å². The van der Waals surface area contributed by atoms with Crippen molar-refractivity contribution in [3.8, 4) is 0 Å². The summed E-state index contributed by atoms with van der Waals surface area (Å²) in [5, 5.41) is 0. The third-order valence-corrected chi connectivity index (χ3v) is 1.43. The molecule has 0 atom stereocenters. The second kappa shape index (κ2) is 3.62. The van der Waals surface area contributed by atoms with Gasteiger partial charge in [0.15, 0.2) is 0 Å². The maximum absolute atomic E-state index is 5.52. The summed E-state index contributed by atoms with van der Waals surface area (Å²) in [5.41, 5.74) is 13.3. The second-order valence-corrected chi connectivity index (χ2v) is 2.57. The molecule has 0 aliphatic heterocycles. The minimum atomic E-state index is 0.548. The first-order chi connectivity index (χ1) is 5.68. The van der Waals surface area contributed by atoms with Crippen LogP contribution in [0.15, 0.2) is 42.6 Å². The predicted octanol–water partition coefficient (Wildman–Crippen LogP) is 1.75. The fourth-order valence-corrected chi connectivity index (χ4v) is 0.810. The number of benzene rings is 1. The third kappa shape index (κ3) is 2.50. The Balaban J connectivity index is 2.77. The molecule has 0 heterocycles. The molecule has 4 N–H and O–H groups in total. The molecule has 1 rings (SSSR count). The molecule has 0 bridgehead atoms. The summed E-state index contributed by atoms with van der Waals surface area (Å²) < 4.78 is 0. The summed E-state index contributed by atoms with van der Waals surface area (Å²) in [6, 6.07) is 7.54. The third-order valence-electron chi connectivity index (χ3n) is 1.43. The SMILES string of the molecule is C=C(N)/C=C/c1ccc(N)cc1. The molecule has 0 aliphatic rings. The normalized spacial score (nSPS) is 10.3. The van der Waals surface area contributed by atoms with Crippen LogP contribution in [-0.4, -0.2) is 0 Å². The minimum Gasteiger partial charge on any atom is -0.399 e.